The van der Waals surface area contributed by atoms with Crippen molar-refractivity contribution in [2.45, 2.75) is 6.54 Å². The summed E-state index contributed by atoms with van der Waals surface area (Å²) in [6.45, 7) is 0.305. The number of nitrogens with zero attached hydrogens (tertiary/aromatic N) is 1. The molecule has 96 valence electrons. The third-order valence-electron chi connectivity index (χ3n) is 2.42. The highest BCUT2D eigenvalue weighted by Gasteiger charge is 2.12. The van der Waals surface area contributed by atoms with Gasteiger partial charge in [-0.25, -0.2) is 12.7 Å². The molecular formula is C11H17NO4S. The van der Waals surface area contributed by atoms with Gasteiger partial charge in [0.15, 0.2) is 11.5 Å². The highest BCUT2D eigenvalue weighted by Crippen LogP contribution is 2.28. The third kappa shape index (κ3) is 3.61. The van der Waals surface area contributed by atoms with Crippen LogP contribution in [0.3, 0.4) is 0 Å². The van der Waals surface area contributed by atoms with E-state index in [4.69, 9.17) is 9.47 Å². The van der Waals surface area contributed by atoms with E-state index >= 15 is 0 Å². The fourth-order valence-electron chi connectivity index (χ4n) is 1.35. The second-order valence-electron chi connectivity index (χ2n) is 3.71. The molecule has 6 heteroatoms. The summed E-state index contributed by atoms with van der Waals surface area (Å²) >= 11 is 0. The molecule has 1 aromatic rings. The van der Waals surface area contributed by atoms with Crippen LogP contribution >= 0.6 is 0 Å². The van der Waals surface area contributed by atoms with Gasteiger partial charge in [0.1, 0.15) is 0 Å². The van der Waals surface area contributed by atoms with Crippen LogP contribution in [-0.4, -0.2) is 40.2 Å². The van der Waals surface area contributed by atoms with E-state index < -0.39 is 10.0 Å². The van der Waals surface area contributed by atoms with Gasteiger partial charge in [0.25, 0.3) is 0 Å². The lowest BCUT2D eigenvalue weighted by Gasteiger charge is -2.15. The molecule has 1 aromatic carbocycles. The smallest absolute Gasteiger partial charge is 0.211 e. The van der Waals surface area contributed by atoms with E-state index in [1.165, 1.54) is 17.6 Å². The molecule has 0 aromatic heterocycles. The number of rotatable bonds is 5. The Hall–Kier alpha value is -1.27. The molecule has 0 saturated carbocycles. The van der Waals surface area contributed by atoms with Gasteiger partial charge in [0.2, 0.25) is 10.0 Å². The van der Waals surface area contributed by atoms with Gasteiger partial charge in [0, 0.05) is 13.6 Å². The molecule has 0 bridgehead atoms. The van der Waals surface area contributed by atoms with Crippen LogP contribution in [-0.2, 0) is 16.6 Å². The molecule has 17 heavy (non-hydrogen) atoms. The molecule has 1 rings (SSSR count). The van der Waals surface area contributed by atoms with Crippen LogP contribution in [0.4, 0.5) is 0 Å². The fraction of sp³-hybridized carbons (Fsp3) is 0.455. The van der Waals surface area contributed by atoms with Gasteiger partial charge in [-0.3, -0.25) is 0 Å². The summed E-state index contributed by atoms with van der Waals surface area (Å²) < 4.78 is 34.1. The number of sulfonamides is 1. The molecule has 0 atom stereocenters. The molecule has 0 radical (unpaired) electrons. The maximum atomic E-state index is 11.3. The number of hydrogen-bond acceptors (Lipinski definition) is 4. The van der Waals surface area contributed by atoms with Gasteiger partial charge in [-0.15, -0.1) is 0 Å². The predicted molar refractivity (Wildman–Crippen MR) is 65.9 cm³/mol. The molecule has 5 nitrogen and oxygen atoms in total. The van der Waals surface area contributed by atoms with Gasteiger partial charge in [0.05, 0.1) is 20.5 Å². The standard InChI is InChI=1S/C11H17NO4S/c1-12(17(4,13)14)8-9-5-6-10(15-2)11(7-9)16-3/h5-7H,8H2,1-4H3. The zero-order valence-corrected chi connectivity index (χ0v) is 11.2. The van der Waals surface area contributed by atoms with Crippen LogP contribution in [0.1, 0.15) is 5.56 Å². The van der Waals surface area contributed by atoms with E-state index in [0.29, 0.717) is 18.0 Å². The summed E-state index contributed by atoms with van der Waals surface area (Å²) in [5, 5.41) is 0. The molecule has 0 amide bonds. The van der Waals surface area contributed by atoms with E-state index in [2.05, 4.69) is 0 Å². The fourth-order valence-corrected chi connectivity index (χ4v) is 1.74. The topological polar surface area (TPSA) is 55.8 Å². The molecule has 0 spiro atoms. The molecule has 0 fully saturated rings. The minimum Gasteiger partial charge on any atom is -0.493 e. The maximum Gasteiger partial charge on any atom is 0.211 e. The van der Waals surface area contributed by atoms with Crippen molar-refractivity contribution in [1.29, 1.82) is 0 Å². The molecule has 0 N–H and O–H groups in total. The second-order valence-corrected chi connectivity index (χ2v) is 5.80. The number of hydrogen-bond donors (Lipinski definition) is 0. The zero-order chi connectivity index (χ0) is 13.1. The van der Waals surface area contributed by atoms with Gasteiger partial charge >= 0.3 is 0 Å². The Kier molecular flexibility index (Phi) is 4.36. The molecule has 0 heterocycles. The van der Waals surface area contributed by atoms with Crippen LogP contribution in [0, 0.1) is 0 Å². The van der Waals surface area contributed by atoms with E-state index in [0.717, 1.165) is 5.56 Å². The van der Waals surface area contributed by atoms with Crippen molar-refractivity contribution in [2.24, 2.45) is 0 Å². The molecule has 0 aliphatic carbocycles. The summed E-state index contributed by atoms with van der Waals surface area (Å²) in [6.07, 6.45) is 1.17. The monoisotopic (exact) mass is 259 g/mol. The first kappa shape index (κ1) is 13.8. The van der Waals surface area contributed by atoms with Crippen LogP contribution in [0.5, 0.6) is 11.5 Å². The van der Waals surface area contributed by atoms with Crippen molar-refractivity contribution >= 4 is 10.0 Å². The van der Waals surface area contributed by atoms with E-state index in [1.54, 1.807) is 26.4 Å². The van der Waals surface area contributed by atoms with Crippen molar-refractivity contribution in [3.05, 3.63) is 23.8 Å². The second kappa shape index (κ2) is 5.37. The van der Waals surface area contributed by atoms with Crippen LogP contribution in [0.25, 0.3) is 0 Å². The lowest BCUT2D eigenvalue weighted by molar-refractivity contribution is 0.354. The lowest BCUT2D eigenvalue weighted by Crippen LogP contribution is -2.24. The van der Waals surface area contributed by atoms with Gasteiger partial charge < -0.3 is 9.47 Å². The molecular weight excluding hydrogens is 242 g/mol. The Morgan fingerprint density at radius 1 is 1.18 bits per heavy atom. The van der Waals surface area contributed by atoms with Gasteiger partial charge in [-0.2, -0.15) is 0 Å². The van der Waals surface area contributed by atoms with Crippen LogP contribution in [0.15, 0.2) is 18.2 Å². The van der Waals surface area contributed by atoms with E-state index in [9.17, 15) is 8.42 Å². The number of benzene rings is 1. The quantitative estimate of drug-likeness (QED) is 0.794. The average molecular weight is 259 g/mol. The summed E-state index contributed by atoms with van der Waals surface area (Å²) in [5.74, 6) is 1.21. The third-order valence-corrected chi connectivity index (χ3v) is 3.68. The van der Waals surface area contributed by atoms with Crippen molar-refractivity contribution in [1.82, 2.24) is 4.31 Å². The first-order valence-corrected chi connectivity index (χ1v) is 6.85. The van der Waals surface area contributed by atoms with Gasteiger partial charge in [-0.05, 0) is 17.7 Å². The first-order valence-electron chi connectivity index (χ1n) is 5.00. The summed E-state index contributed by atoms with van der Waals surface area (Å²) in [4.78, 5) is 0. The summed E-state index contributed by atoms with van der Waals surface area (Å²) in [6, 6.07) is 5.33. The van der Waals surface area contributed by atoms with Crippen LogP contribution in [0.2, 0.25) is 0 Å². The van der Waals surface area contributed by atoms with E-state index in [1.807, 2.05) is 6.07 Å². The van der Waals surface area contributed by atoms with Crippen LogP contribution < -0.4 is 9.47 Å². The van der Waals surface area contributed by atoms with Gasteiger partial charge in [-0.1, -0.05) is 6.07 Å². The highest BCUT2D eigenvalue weighted by atomic mass is 32.2. The SMILES string of the molecule is COc1ccc(CN(C)S(C)(=O)=O)cc1OC. The summed E-state index contributed by atoms with van der Waals surface area (Å²) in [5.41, 5.74) is 0.843. The van der Waals surface area contributed by atoms with Crippen molar-refractivity contribution in [3.63, 3.8) is 0 Å². The largest absolute Gasteiger partial charge is 0.493 e. The Labute approximate surface area is 102 Å². The highest BCUT2D eigenvalue weighted by molar-refractivity contribution is 7.88. The molecule has 0 unspecified atom stereocenters. The Balaban J connectivity index is 2.94. The zero-order valence-electron chi connectivity index (χ0n) is 10.4. The summed E-state index contributed by atoms with van der Waals surface area (Å²) in [7, 11) is 1.46. The average Bonchev–Trinajstić information content (AvgIpc) is 2.27. The Morgan fingerprint density at radius 3 is 2.24 bits per heavy atom. The molecule has 0 saturated heterocycles. The Bertz CT molecular complexity index is 484. The molecule has 0 aliphatic rings. The predicted octanol–water partition coefficient (Wildman–Crippen LogP) is 1.10. The van der Waals surface area contributed by atoms with Crippen molar-refractivity contribution in [2.75, 3.05) is 27.5 Å². The normalized spacial score (nSPS) is 11.6. The number of ether oxygens (including phenoxy) is 2. The first-order chi connectivity index (χ1) is 7.88. The minimum absolute atomic E-state index is 0.305. The molecule has 0 aliphatic heterocycles. The maximum absolute atomic E-state index is 11.3. The Morgan fingerprint density at radius 2 is 1.76 bits per heavy atom. The van der Waals surface area contributed by atoms with E-state index in [-0.39, 0.29) is 0 Å². The lowest BCUT2D eigenvalue weighted by atomic mass is 10.2. The van der Waals surface area contributed by atoms with Crippen molar-refractivity contribution < 1.29 is 17.9 Å². The van der Waals surface area contributed by atoms with Crippen molar-refractivity contribution in [3.8, 4) is 11.5 Å². The number of methoxy groups -OCH3 is 2. The minimum atomic E-state index is -3.18.